The number of ether oxygens (including phenoxy) is 1. The zero-order valence-electron chi connectivity index (χ0n) is 16.6. The molecule has 146 valence electrons. The van der Waals surface area contributed by atoms with Crippen LogP contribution in [0.3, 0.4) is 0 Å². The van der Waals surface area contributed by atoms with Crippen LogP contribution in [0.25, 0.3) is 23.0 Å². The topological polar surface area (TPSA) is 79.9 Å². The van der Waals surface area contributed by atoms with Crippen molar-refractivity contribution in [1.29, 1.82) is 5.26 Å². The maximum Gasteiger partial charge on any atom is 0.261 e. The predicted molar refractivity (Wildman–Crippen MR) is 112 cm³/mol. The molecule has 0 fully saturated rings. The Labute approximate surface area is 170 Å². The first-order chi connectivity index (χ1) is 14.0. The van der Waals surface area contributed by atoms with E-state index in [1.807, 2.05) is 80.7 Å². The highest BCUT2D eigenvalue weighted by atomic mass is 16.5. The number of carbonyl (C=O) groups excluding carboxylic acids is 1. The molecule has 0 aliphatic carbocycles. The number of nitrogens with zero attached hydrogens (tertiary/aromatic N) is 3. The number of hydrogen-bond acceptors (Lipinski definition) is 4. The van der Waals surface area contributed by atoms with Gasteiger partial charge in [0.15, 0.2) is 0 Å². The molecular formula is C23H22N4O2. The molecule has 0 saturated heterocycles. The van der Waals surface area contributed by atoms with Gasteiger partial charge in [0.2, 0.25) is 0 Å². The van der Waals surface area contributed by atoms with Crippen LogP contribution < -0.4 is 10.1 Å². The number of aromatic nitrogens is 2. The van der Waals surface area contributed by atoms with E-state index in [1.54, 1.807) is 10.8 Å². The number of hydrogen-bond donors (Lipinski definition) is 1. The number of benzene rings is 2. The normalized spacial score (nSPS) is 11.2. The summed E-state index contributed by atoms with van der Waals surface area (Å²) in [7, 11) is 1.50. The summed E-state index contributed by atoms with van der Waals surface area (Å²) < 4.78 is 7.44. The molecule has 0 spiro atoms. The van der Waals surface area contributed by atoms with Crippen molar-refractivity contribution in [3.63, 3.8) is 0 Å². The van der Waals surface area contributed by atoms with E-state index in [2.05, 4.69) is 5.32 Å². The molecule has 6 heteroatoms. The van der Waals surface area contributed by atoms with Crippen molar-refractivity contribution in [2.24, 2.45) is 0 Å². The van der Waals surface area contributed by atoms with Gasteiger partial charge < -0.3 is 10.1 Å². The van der Waals surface area contributed by atoms with Crippen molar-refractivity contribution < 1.29 is 9.53 Å². The minimum atomic E-state index is -0.438. The second-order valence-corrected chi connectivity index (χ2v) is 6.65. The van der Waals surface area contributed by atoms with Gasteiger partial charge >= 0.3 is 0 Å². The van der Waals surface area contributed by atoms with E-state index in [9.17, 15) is 10.1 Å². The molecule has 0 saturated carbocycles. The lowest BCUT2D eigenvalue weighted by Gasteiger charge is -2.09. The van der Waals surface area contributed by atoms with Gasteiger partial charge in [-0.2, -0.15) is 10.4 Å². The molecule has 0 radical (unpaired) electrons. The van der Waals surface area contributed by atoms with E-state index >= 15 is 0 Å². The molecular weight excluding hydrogens is 364 g/mol. The maximum atomic E-state index is 12.0. The first-order valence-electron chi connectivity index (χ1n) is 9.28. The zero-order valence-corrected chi connectivity index (χ0v) is 16.6. The van der Waals surface area contributed by atoms with Gasteiger partial charge in [0, 0.05) is 24.4 Å². The number of nitriles is 1. The molecule has 1 heterocycles. The van der Waals surface area contributed by atoms with Crippen LogP contribution in [0.2, 0.25) is 0 Å². The van der Waals surface area contributed by atoms with Gasteiger partial charge in [0.25, 0.3) is 5.91 Å². The van der Waals surface area contributed by atoms with Crippen molar-refractivity contribution in [2.45, 2.75) is 20.0 Å². The highest BCUT2D eigenvalue weighted by Crippen LogP contribution is 2.27. The highest BCUT2D eigenvalue weighted by molar-refractivity contribution is 6.02. The highest BCUT2D eigenvalue weighted by Gasteiger charge is 2.14. The molecule has 0 aliphatic rings. The van der Waals surface area contributed by atoms with Crippen molar-refractivity contribution in [3.05, 3.63) is 71.9 Å². The minimum Gasteiger partial charge on any atom is -0.491 e. The average Bonchev–Trinajstić information content (AvgIpc) is 3.16. The Morgan fingerprint density at radius 2 is 1.86 bits per heavy atom. The van der Waals surface area contributed by atoms with Crippen molar-refractivity contribution >= 4 is 12.0 Å². The summed E-state index contributed by atoms with van der Waals surface area (Å²) in [5, 5.41) is 16.6. The van der Waals surface area contributed by atoms with Gasteiger partial charge in [-0.25, -0.2) is 4.68 Å². The molecule has 29 heavy (non-hydrogen) atoms. The monoisotopic (exact) mass is 386 g/mol. The third kappa shape index (κ3) is 4.71. The standard InChI is InChI=1S/C23H22N4O2/c1-16(2)29-21-11-9-17(10-12-21)22-19(13-18(14-24)23(28)25-3)15-27(26-22)20-7-5-4-6-8-20/h4-13,15-16H,1-3H3,(H,25,28)/b18-13+. The molecule has 0 aliphatic heterocycles. The molecule has 0 atom stereocenters. The molecule has 1 aromatic heterocycles. The van der Waals surface area contributed by atoms with Crippen LogP contribution in [-0.2, 0) is 4.79 Å². The number of likely N-dealkylation sites (N-methyl/N-ethyl adjacent to an activating group) is 1. The number of para-hydroxylation sites is 1. The van der Waals surface area contributed by atoms with E-state index in [1.165, 1.54) is 7.05 Å². The Bertz CT molecular complexity index is 1060. The van der Waals surface area contributed by atoms with Crippen LogP contribution in [0.4, 0.5) is 0 Å². The van der Waals surface area contributed by atoms with Crippen molar-refractivity contribution in [2.75, 3.05) is 7.05 Å². The Balaban J connectivity index is 2.09. The molecule has 3 rings (SSSR count). The van der Waals surface area contributed by atoms with Gasteiger partial charge in [0.05, 0.1) is 17.5 Å². The van der Waals surface area contributed by atoms with Gasteiger partial charge in [-0.05, 0) is 56.3 Å². The lowest BCUT2D eigenvalue weighted by atomic mass is 10.1. The van der Waals surface area contributed by atoms with E-state index in [0.717, 1.165) is 17.0 Å². The second kappa shape index (κ2) is 8.89. The lowest BCUT2D eigenvalue weighted by Crippen LogP contribution is -2.19. The number of carbonyl (C=O) groups is 1. The van der Waals surface area contributed by atoms with Gasteiger partial charge in [0.1, 0.15) is 17.4 Å². The average molecular weight is 386 g/mol. The van der Waals surface area contributed by atoms with E-state index < -0.39 is 5.91 Å². The molecule has 3 aromatic rings. The summed E-state index contributed by atoms with van der Waals surface area (Å²) in [4.78, 5) is 12.0. The Morgan fingerprint density at radius 3 is 2.45 bits per heavy atom. The smallest absolute Gasteiger partial charge is 0.261 e. The lowest BCUT2D eigenvalue weighted by molar-refractivity contribution is -0.116. The predicted octanol–water partition coefficient (Wildman–Crippen LogP) is 3.98. The van der Waals surface area contributed by atoms with Crippen LogP contribution in [0, 0.1) is 11.3 Å². The Hall–Kier alpha value is -3.85. The summed E-state index contributed by atoms with van der Waals surface area (Å²) in [5.41, 5.74) is 3.09. The molecule has 0 bridgehead atoms. The largest absolute Gasteiger partial charge is 0.491 e. The first-order valence-corrected chi connectivity index (χ1v) is 9.28. The third-order valence-corrected chi connectivity index (χ3v) is 4.15. The summed E-state index contributed by atoms with van der Waals surface area (Å²) >= 11 is 0. The quantitative estimate of drug-likeness (QED) is 0.513. The third-order valence-electron chi connectivity index (χ3n) is 4.15. The van der Waals surface area contributed by atoms with Crippen LogP contribution in [0.1, 0.15) is 19.4 Å². The van der Waals surface area contributed by atoms with Crippen LogP contribution >= 0.6 is 0 Å². The fourth-order valence-corrected chi connectivity index (χ4v) is 2.83. The SMILES string of the molecule is CNC(=O)/C(C#N)=C/c1cn(-c2ccccc2)nc1-c1ccc(OC(C)C)cc1. The first kappa shape index (κ1) is 19.9. The number of nitrogens with one attached hydrogen (secondary N) is 1. The van der Waals surface area contributed by atoms with Crippen molar-refractivity contribution in [3.8, 4) is 28.8 Å². The van der Waals surface area contributed by atoms with Crippen LogP contribution in [-0.4, -0.2) is 28.8 Å². The summed E-state index contributed by atoms with van der Waals surface area (Å²) in [6.07, 6.45) is 3.45. The van der Waals surface area contributed by atoms with Crippen LogP contribution in [0.5, 0.6) is 5.75 Å². The van der Waals surface area contributed by atoms with Gasteiger partial charge in [-0.1, -0.05) is 18.2 Å². The second-order valence-electron chi connectivity index (χ2n) is 6.65. The molecule has 6 nitrogen and oxygen atoms in total. The van der Waals surface area contributed by atoms with Crippen LogP contribution in [0.15, 0.2) is 66.4 Å². The minimum absolute atomic E-state index is 0.0149. The van der Waals surface area contributed by atoms with E-state index in [4.69, 9.17) is 9.84 Å². The Morgan fingerprint density at radius 1 is 1.17 bits per heavy atom. The van der Waals surface area contributed by atoms with Crippen molar-refractivity contribution in [1.82, 2.24) is 15.1 Å². The summed E-state index contributed by atoms with van der Waals surface area (Å²) in [5.74, 6) is 0.331. The summed E-state index contributed by atoms with van der Waals surface area (Å²) in [6, 6.07) is 19.2. The fraction of sp³-hybridized carbons (Fsp3) is 0.174. The molecule has 1 N–H and O–H groups in total. The fourth-order valence-electron chi connectivity index (χ4n) is 2.83. The number of rotatable bonds is 6. The zero-order chi connectivity index (χ0) is 20.8. The van der Waals surface area contributed by atoms with Gasteiger partial charge in [-0.15, -0.1) is 0 Å². The number of amides is 1. The van der Waals surface area contributed by atoms with E-state index in [0.29, 0.717) is 11.3 Å². The van der Waals surface area contributed by atoms with Gasteiger partial charge in [-0.3, -0.25) is 4.79 Å². The maximum absolute atomic E-state index is 12.0. The molecule has 1 amide bonds. The molecule has 2 aromatic carbocycles. The van der Waals surface area contributed by atoms with E-state index in [-0.39, 0.29) is 11.7 Å². The summed E-state index contributed by atoms with van der Waals surface area (Å²) in [6.45, 7) is 3.95. The Kier molecular flexibility index (Phi) is 6.10. The molecule has 0 unspecified atom stereocenters.